The van der Waals surface area contributed by atoms with E-state index in [1.807, 2.05) is 0 Å². The van der Waals surface area contributed by atoms with Gasteiger partial charge in [-0.15, -0.1) is 0 Å². The molecule has 1 atom stereocenters. The van der Waals surface area contributed by atoms with Crippen LogP contribution in [0.5, 0.6) is 11.5 Å². The van der Waals surface area contributed by atoms with Crippen LogP contribution in [0.15, 0.2) is 30.3 Å². The third-order valence-electron chi connectivity index (χ3n) is 3.85. The maximum atomic E-state index is 12.6. The van der Waals surface area contributed by atoms with E-state index in [9.17, 15) is 4.79 Å². The first-order valence-electron chi connectivity index (χ1n) is 7.86. The quantitative estimate of drug-likeness (QED) is 0.739. The fourth-order valence-electron chi connectivity index (χ4n) is 2.54. The molecule has 1 N–H and O–H groups in total. The summed E-state index contributed by atoms with van der Waals surface area (Å²) in [6, 6.07) is 7.93. The fourth-order valence-corrected chi connectivity index (χ4v) is 3.45. The van der Waals surface area contributed by atoms with Gasteiger partial charge in [0.1, 0.15) is 6.10 Å². The summed E-state index contributed by atoms with van der Waals surface area (Å²) in [5.41, 5.74) is 0.673. The van der Waals surface area contributed by atoms with Crippen molar-refractivity contribution in [2.45, 2.75) is 12.5 Å². The van der Waals surface area contributed by atoms with Crippen LogP contribution in [-0.4, -0.2) is 32.3 Å². The van der Waals surface area contributed by atoms with Crippen LogP contribution < -0.4 is 14.8 Å². The lowest BCUT2D eigenvalue weighted by atomic mass is 10.1. The van der Waals surface area contributed by atoms with E-state index in [-0.39, 0.29) is 22.1 Å². The lowest BCUT2D eigenvalue weighted by Crippen LogP contribution is -2.17. The molecule has 2 aromatic rings. The number of carbonyl (C=O) groups is 1. The van der Waals surface area contributed by atoms with Crippen molar-refractivity contribution in [3.63, 3.8) is 0 Å². The number of ether oxygens (including phenoxy) is 3. The van der Waals surface area contributed by atoms with Gasteiger partial charge in [0.05, 0.1) is 36.1 Å². The second-order valence-corrected chi connectivity index (χ2v) is 6.92. The van der Waals surface area contributed by atoms with Crippen LogP contribution in [-0.2, 0) is 4.74 Å². The van der Waals surface area contributed by atoms with E-state index in [1.54, 1.807) is 25.3 Å². The average Bonchev–Trinajstić information content (AvgIpc) is 3.11. The predicted molar refractivity (Wildman–Crippen MR) is 102 cm³/mol. The van der Waals surface area contributed by atoms with Crippen molar-refractivity contribution in [3.8, 4) is 11.5 Å². The number of amides is 1. The van der Waals surface area contributed by atoms with E-state index in [1.165, 1.54) is 12.1 Å². The molecule has 0 aliphatic carbocycles. The Bertz CT molecular complexity index is 799. The van der Waals surface area contributed by atoms with Crippen molar-refractivity contribution in [1.82, 2.24) is 0 Å². The molecule has 2 aromatic carbocycles. The highest BCUT2D eigenvalue weighted by molar-refractivity contribution is 6.42. The van der Waals surface area contributed by atoms with Crippen molar-refractivity contribution in [2.24, 2.45) is 0 Å². The lowest BCUT2D eigenvalue weighted by molar-refractivity contribution is 0.102. The normalized spacial score (nSPS) is 16.4. The third-order valence-corrected chi connectivity index (χ3v) is 4.67. The molecule has 1 amide bonds. The minimum absolute atomic E-state index is 0.0673. The van der Waals surface area contributed by atoms with E-state index in [0.717, 1.165) is 6.42 Å². The Hall–Kier alpha value is -1.66. The Morgan fingerprint density at radius 3 is 2.50 bits per heavy atom. The monoisotopic (exact) mass is 415 g/mol. The van der Waals surface area contributed by atoms with Crippen LogP contribution in [0.25, 0.3) is 0 Å². The third kappa shape index (κ3) is 4.35. The van der Waals surface area contributed by atoms with Gasteiger partial charge in [0.15, 0.2) is 11.5 Å². The Balaban J connectivity index is 1.83. The number of nitrogens with one attached hydrogen (secondary N) is 1. The Kier molecular flexibility index (Phi) is 6.14. The summed E-state index contributed by atoms with van der Waals surface area (Å²) in [6.07, 6.45) is 0.720. The molecule has 5 nitrogen and oxygen atoms in total. The molecule has 1 aliphatic heterocycles. The number of halogens is 3. The van der Waals surface area contributed by atoms with Gasteiger partial charge in [-0.05, 0) is 30.3 Å². The van der Waals surface area contributed by atoms with Crippen LogP contribution in [0.2, 0.25) is 15.1 Å². The number of rotatable bonds is 5. The molecule has 3 rings (SSSR count). The standard InChI is InChI=1S/C18H16Cl3NO4/c1-24-15-3-2-10(6-16(15)26-12-4-5-25-9-12)18(23)22-17-13(20)7-11(19)8-14(17)21/h2-3,6-8,12H,4-5,9H2,1H3,(H,22,23). The van der Waals surface area contributed by atoms with Crippen LogP contribution >= 0.6 is 34.8 Å². The molecular weight excluding hydrogens is 401 g/mol. The molecule has 138 valence electrons. The largest absolute Gasteiger partial charge is 0.493 e. The van der Waals surface area contributed by atoms with Gasteiger partial charge in [0, 0.05) is 17.0 Å². The predicted octanol–water partition coefficient (Wildman–Crippen LogP) is 5.08. The molecule has 1 heterocycles. The maximum Gasteiger partial charge on any atom is 0.255 e. The lowest BCUT2D eigenvalue weighted by Gasteiger charge is -2.16. The van der Waals surface area contributed by atoms with Gasteiger partial charge in [-0.25, -0.2) is 0 Å². The van der Waals surface area contributed by atoms with Gasteiger partial charge < -0.3 is 19.5 Å². The highest BCUT2D eigenvalue weighted by Gasteiger charge is 2.21. The molecule has 0 saturated carbocycles. The Labute approximate surface area is 166 Å². The van der Waals surface area contributed by atoms with E-state index in [0.29, 0.717) is 41.0 Å². The molecule has 0 bridgehead atoms. The van der Waals surface area contributed by atoms with Gasteiger partial charge in [-0.3, -0.25) is 4.79 Å². The molecule has 26 heavy (non-hydrogen) atoms. The first kappa shape index (κ1) is 19.1. The van der Waals surface area contributed by atoms with Gasteiger partial charge in [-0.2, -0.15) is 0 Å². The number of hydrogen-bond acceptors (Lipinski definition) is 4. The highest BCUT2D eigenvalue weighted by atomic mass is 35.5. The molecular formula is C18H16Cl3NO4. The minimum atomic E-state index is -0.383. The number of benzene rings is 2. The maximum absolute atomic E-state index is 12.6. The highest BCUT2D eigenvalue weighted by Crippen LogP contribution is 2.35. The summed E-state index contributed by atoms with van der Waals surface area (Å²) in [6.45, 7) is 1.16. The number of hydrogen-bond donors (Lipinski definition) is 1. The zero-order valence-corrected chi connectivity index (χ0v) is 16.1. The molecule has 0 radical (unpaired) electrons. The molecule has 1 aliphatic rings. The molecule has 1 unspecified atom stereocenters. The van der Waals surface area contributed by atoms with Gasteiger partial charge >= 0.3 is 0 Å². The first-order chi connectivity index (χ1) is 12.5. The van der Waals surface area contributed by atoms with Crippen molar-refractivity contribution in [3.05, 3.63) is 51.0 Å². The summed E-state index contributed by atoms with van der Waals surface area (Å²) in [5, 5.41) is 3.59. The van der Waals surface area contributed by atoms with Crippen LogP contribution in [0, 0.1) is 0 Å². The van der Waals surface area contributed by atoms with Crippen molar-refractivity contribution in [1.29, 1.82) is 0 Å². The van der Waals surface area contributed by atoms with E-state index < -0.39 is 0 Å². The SMILES string of the molecule is COc1ccc(C(=O)Nc2c(Cl)cc(Cl)cc2Cl)cc1OC1CCOC1. The second kappa shape index (κ2) is 8.35. The van der Waals surface area contributed by atoms with E-state index in [2.05, 4.69) is 5.32 Å². The van der Waals surface area contributed by atoms with E-state index >= 15 is 0 Å². The average molecular weight is 417 g/mol. The van der Waals surface area contributed by atoms with Crippen LogP contribution in [0.3, 0.4) is 0 Å². The molecule has 0 aromatic heterocycles. The molecule has 1 fully saturated rings. The van der Waals surface area contributed by atoms with Crippen molar-refractivity contribution < 1.29 is 19.0 Å². The smallest absolute Gasteiger partial charge is 0.255 e. The molecule has 8 heteroatoms. The first-order valence-corrected chi connectivity index (χ1v) is 8.99. The zero-order valence-electron chi connectivity index (χ0n) is 13.9. The summed E-state index contributed by atoms with van der Waals surface area (Å²) >= 11 is 18.1. The Morgan fingerprint density at radius 1 is 1.15 bits per heavy atom. The van der Waals surface area contributed by atoms with Gasteiger partial charge in [0.25, 0.3) is 5.91 Å². The van der Waals surface area contributed by atoms with Gasteiger partial charge in [-0.1, -0.05) is 34.8 Å². The topological polar surface area (TPSA) is 56.8 Å². The zero-order chi connectivity index (χ0) is 18.7. The Morgan fingerprint density at radius 2 is 1.88 bits per heavy atom. The number of anilines is 1. The summed E-state index contributed by atoms with van der Waals surface area (Å²) < 4.78 is 16.5. The fraction of sp³-hybridized carbons (Fsp3) is 0.278. The molecule has 1 saturated heterocycles. The number of methoxy groups -OCH3 is 1. The number of carbonyl (C=O) groups excluding carboxylic acids is 1. The minimum Gasteiger partial charge on any atom is -0.493 e. The summed E-state index contributed by atoms with van der Waals surface area (Å²) in [7, 11) is 1.54. The van der Waals surface area contributed by atoms with Crippen LogP contribution in [0.4, 0.5) is 5.69 Å². The van der Waals surface area contributed by atoms with Crippen LogP contribution in [0.1, 0.15) is 16.8 Å². The summed E-state index contributed by atoms with van der Waals surface area (Å²) in [5.74, 6) is 0.631. The van der Waals surface area contributed by atoms with E-state index in [4.69, 9.17) is 49.0 Å². The van der Waals surface area contributed by atoms with Crippen molar-refractivity contribution >= 4 is 46.4 Å². The van der Waals surface area contributed by atoms with Crippen molar-refractivity contribution in [2.75, 3.05) is 25.6 Å². The molecule has 0 spiro atoms. The summed E-state index contributed by atoms with van der Waals surface area (Å²) in [4.78, 5) is 12.6. The van der Waals surface area contributed by atoms with Gasteiger partial charge in [0.2, 0.25) is 0 Å². The second-order valence-electron chi connectivity index (χ2n) is 5.67.